The number of carbonyl (C=O) groups excluding carboxylic acids is 1. The van der Waals surface area contributed by atoms with Crippen molar-refractivity contribution in [3.63, 3.8) is 0 Å². The Bertz CT molecular complexity index is 1460. The Morgan fingerprint density at radius 1 is 0.895 bits per heavy atom. The van der Waals surface area contributed by atoms with Gasteiger partial charge < -0.3 is 10.1 Å². The molecule has 38 heavy (non-hydrogen) atoms. The number of nitrogens with one attached hydrogen (secondary N) is 2. The Labute approximate surface area is 227 Å². The molecule has 1 amide bonds. The molecule has 7 heteroatoms. The smallest absolute Gasteiger partial charge is 0.251 e. The Morgan fingerprint density at radius 3 is 2.37 bits per heavy atom. The number of carbonyl (C=O) groups is 1. The lowest BCUT2D eigenvalue weighted by Crippen LogP contribution is -2.30. The van der Waals surface area contributed by atoms with Crippen LogP contribution in [0.15, 0.2) is 77.7 Å². The quantitative estimate of drug-likeness (QED) is 0.282. The maximum atomic E-state index is 13.0. The molecule has 0 spiro atoms. The van der Waals surface area contributed by atoms with Crippen LogP contribution in [0.2, 0.25) is 0 Å². The van der Waals surface area contributed by atoms with Crippen molar-refractivity contribution < 1.29 is 9.53 Å². The molecule has 1 saturated carbocycles. The molecule has 4 bridgehead atoms. The van der Waals surface area contributed by atoms with Gasteiger partial charge in [0.1, 0.15) is 6.10 Å². The molecular weight excluding hydrogens is 492 g/mol. The lowest BCUT2D eigenvalue weighted by Gasteiger charge is -2.26. The van der Waals surface area contributed by atoms with Crippen molar-refractivity contribution in [2.24, 2.45) is 0 Å². The fourth-order valence-electron chi connectivity index (χ4n) is 5.07. The van der Waals surface area contributed by atoms with Crippen LogP contribution in [-0.4, -0.2) is 22.4 Å². The van der Waals surface area contributed by atoms with E-state index >= 15 is 0 Å². The van der Waals surface area contributed by atoms with Crippen LogP contribution in [0.5, 0.6) is 5.88 Å². The topological polar surface area (TPSA) is 76.1 Å². The summed E-state index contributed by atoms with van der Waals surface area (Å²) >= 11 is 1.37. The predicted molar refractivity (Wildman–Crippen MR) is 152 cm³/mol. The number of aromatic nitrogens is 2. The van der Waals surface area contributed by atoms with E-state index in [4.69, 9.17) is 14.7 Å². The van der Waals surface area contributed by atoms with Gasteiger partial charge in [0.25, 0.3) is 5.91 Å². The van der Waals surface area contributed by atoms with Gasteiger partial charge in [-0.1, -0.05) is 55.0 Å². The van der Waals surface area contributed by atoms with Crippen LogP contribution in [0.1, 0.15) is 63.9 Å². The van der Waals surface area contributed by atoms with Crippen molar-refractivity contribution in [1.29, 1.82) is 0 Å². The van der Waals surface area contributed by atoms with Gasteiger partial charge in [-0.25, -0.2) is 4.98 Å². The van der Waals surface area contributed by atoms with Crippen LogP contribution in [0.4, 0.5) is 5.95 Å². The fraction of sp³-hybridized carbons (Fsp3) is 0.258. The molecule has 4 aromatic rings. The molecule has 1 fully saturated rings. The number of benzene rings is 3. The fourth-order valence-corrected chi connectivity index (χ4v) is 5.70. The standard InChI is InChI=1S/C31H30N4O2S/c1-19-6-3-7-20(2)29(19)26-17-28-34-31(33-26)35-38-25-11-5-10-24(16-25)30(36)32-18-27(37-28)23-14-12-22(13-15-23)21-8-4-9-21/h3,5-7,10-17,21,27H,4,8-9,18H2,1-2H3,(H,32,36)(H,33,34,35). The highest BCUT2D eigenvalue weighted by Gasteiger charge is 2.22. The van der Waals surface area contributed by atoms with E-state index in [-0.39, 0.29) is 5.91 Å². The summed E-state index contributed by atoms with van der Waals surface area (Å²) in [7, 11) is 0. The van der Waals surface area contributed by atoms with Gasteiger partial charge >= 0.3 is 0 Å². The molecule has 1 unspecified atom stereocenters. The van der Waals surface area contributed by atoms with E-state index in [9.17, 15) is 4.79 Å². The Balaban J connectivity index is 1.41. The molecule has 0 radical (unpaired) electrons. The zero-order chi connectivity index (χ0) is 26.1. The molecule has 2 aliphatic rings. The summed E-state index contributed by atoms with van der Waals surface area (Å²) in [5.41, 5.74) is 7.08. The third-order valence-corrected chi connectivity index (χ3v) is 8.17. The zero-order valence-corrected chi connectivity index (χ0v) is 22.3. The molecule has 6 nitrogen and oxygen atoms in total. The maximum absolute atomic E-state index is 13.0. The Hall–Kier alpha value is -3.84. The molecule has 2 N–H and O–H groups in total. The Kier molecular flexibility index (Phi) is 6.77. The van der Waals surface area contributed by atoms with E-state index in [0.717, 1.165) is 32.8 Å². The second kappa shape index (κ2) is 10.5. The maximum Gasteiger partial charge on any atom is 0.251 e. The van der Waals surface area contributed by atoms with Crippen molar-refractivity contribution in [2.45, 2.75) is 50.0 Å². The van der Waals surface area contributed by atoms with E-state index in [1.165, 1.54) is 36.8 Å². The van der Waals surface area contributed by atoms with E-state index in [1.807, 2.05) is 30.3 Å². The summed E-state index contributed by atoms with van der Waals surface area (Å²) in [5.74, 6) is 1.42. The second-order valence-corrected chi connectivity index (χ2v) is 10.9. The number of aryl methyl sites for hydroxylation is 2. The molecule has 2 heterocycles. The predicted octanol–water partition coefficient (Wildman–Crippen LogP) is 7.01. The number of ether oxygens (including phenoxy) is 1. The molecular formula is C31H30N4O2S. The first-order chi connectivity index (χ1) is 18.5. The van der Waals surface area contributed by atoms with Gasteiger partial charge in [-0.05, 0) is 85.0 Å². The van der Waals surface area contributed by atoms with Crippen molar-refractivity contribution in [2.75, 3.05) is 11.3 Å². The number of rotatable bonds is 3. The summed E-state index contributed by atoms with van der Waals surface area (Å²) in [5, 5.41) is 3.07. The van der Waals surface area contributed by atoms with Gasteiger partial charge in [-0.2, -0.15) is 4.98 Å². The first-order valence-electron chi connectivity index (χ1n) is 13.1. The molecule has 192 valence electrons. The van der Waals surface area contributed by atoms with Crippen LogP contribution in [-0.2, 0) is 0 Å². The van der Waals surface area contributed by atoms with Gasteiger partial charge in [0, 0.05) is 22.1 Å². The summed E-state index contributed by atoms with van der Waals surface area (Å²) in [6.07, 6.45) is 3.39. The summed E-state index contributed by atoms with van der Waals surface area (Å²) in [4.78, 5) is 23.5. The van der Waals surface area contributed by atoms with E-state index in [2.05, 4.69) is 66.4 Å². The third kappa shape index (κ3) is 5.11. The van der Waals surface area contributed by atoms with Gasteiger partial charge in [0.2, 0.25) is 11.8 Å². The summed E-state index contributed by atoms with van der Waals surface area (Å²) in [6, 6.07) is 24.3. The highest BCUT2D eigenvalue weighted by molar-refractivity contribution is 8.00. The highest BCUT2D eigenvalue weighted by Crippen LogP contribution is 2.37. The lowest BCUT2D eigenvalue weighted by atomic mass is 9.80. The number of amides is 1. The monoisotopic (exact) mass is 522 g/mol. The highest BCUT2D eigenvalue weighted by atomic mass is 32.2. The minimum absolute atomic E-state index is 0.139. The van der Waals surface area contributed by atoms with Crippen molar-refractivity contribution in [3.05, 3.63) is 101 Å². The first kappa shape index (κ1) is 24.5. The van der Waals surface area contributed by atoms with Gasteiger partial charge in [0.15, 0.2) is 0 Å². The van der Waals surface area contributed by atoms with E-state index in [1.54, 1.807) is 0 Å². The largest absolute Gasteiger partial charge is 0.467 e. The van der Waals surface area contributed by atoms with Crippen molar-refractivity contribution in [3.8, 4) is 17.1 Å². The molecule has 6 rings (SSSR count). The van der Waals surface area contributed by atoms with Gasteiger partial charge in [0.05, 0.1) is 12.2 Å². The number of anilines is 1. The first-order valence-corrected chi connectivity index (χ1v) is 13.9. The molecule has 0 saturated heterocycles. The molecule has 1 aliphatic heterocycles. The second-order valence-electron chi connectivity index (χ2n) is 10.0. The van der Waals surface area contributed by atoms with Crippen LogP contribution < -0.4 is 14.8 Å². The van der Waals surface area contributed by atoms with E-state index < -0.39 is 6.10 Å². The number of nitrogens with zero attached hydrogens (tertiary/aromatic N) is 2. The summed E-state index contributed by atoms with van der Waals surface area (Å²) in [6.45, 7) is 4.48. The molecule has 1 atom stereocenters. The van der Waals surface area contributed by atoms with Crippen LogP contribution in [0.25, 0.3) is 11.3 Å². The lowest BCUT2D eigenvalue weighted by molar-refractivity contribution is 0.0925. The number of hydrogen-bond donors (Lipinski definition) is 2. The van der Waals surface area contributed by atoms with Gasteiger partial charge in [-0.3, -0.25) is 9.52 Å². The molecule has 3 aromatic carbocycles. The van der Waals surface area contributed by atoms with Crippen molar-refractivity contribution in [1.82, 2.24) is 15.3 Å². The van der Waals surface area contributed by atoms with Crippen LogP contribution >= 0.6 is 11.9 Å². The minimum atomic E-state index is -0.417. The van der Waals surface area contributed by atoms with Crippen LogP contribution in [0.3, 0.4) is 0 Å². The Morgan fingerprint density at radius 2 is 1.63 bits per heavy atom. The number of hydrogen-bond acceptors (Lipinski definition) is 6. The minimum Gasteiger partial charge on any atom is -0.467 e. The average Bonchev–Trinajstić information content (AvgIpc) is 2.89. The zero-order valence-electron chi connectivity index (χ0n) is 21.5. The normalized spacial score (nSPS) is 17.5. The molecule has 1 aliphatic carbocycles. The van der Waals surface area contributed by atoms with Gasteiger partial charge in [-0.15, -0.1) is 0 Å². The number of fused-ring (bicyclic) bond motifs is 4. The average molecular weight is 523 g/mol. The van der Waals surface area contributed by atoms with Crippen LogP contribution in [0, 0.1) is 13.8 Å². The molecule has 1 aromatic heterocycles. The van der Waals surface area contributed by atoms with E-state index in [0.29, 0.717) is 29.9 Å². The third-order valence-electron chi connectivity index (χ3n) is 7.39. The summed E-state index contributed by atoms with van der Waals surface area (Å²) < 4.78 is 9.80. The SMILES string of the molecule is Cc1cccc(C)c1-c1cc2nc(n1)NSc1cccc(c1)C(=O)NCC(c1ccc(C3CCC3)cc1)O2. The van der Waals surface area contributed by atoms with Crippen molar-refractivity contribution >= 4 is 23.8 Å².